The molecule has 1 unspecified atom stereocenters. The van der Waals surface area contributed by atoms with Crippen LogP contribution >= 0.6 is 0 Å². The van der Waals surface area contributed by atoms with Gasteiger partial charge in [0.15, 0.2) is 0 Å². The number of alkyl carbamates (subject to hydrolysis) is 1. The molecule has 3 aromatic carbocycles. The van der Waals surface area contributed by atoms with Crippen molar-refractivity contribution in [2.45, 2.75) is 25.3 Å². The number of carbonyl (C=O) groups excluding carboxylic acids is 2. The summed E-state index contributed by atoms with van der Waals surface area (Å²) < 4.78 is 5.52. The molecule has 7 nitrogen and oxygen atoms in total. The highest BCUT2D eigenvalue weighted by molar-refractivity contribution is 5.98. The van der Waals surface area contributed by atoms with E-state index in [1.54, 1.807) is 6.92 Å². The van der Waals surface area contributed by atoms with Gasteiger partial charge in [-0.3, -0.25) is 4.79 Å². The first-order valence-electron chi connectivity index (χ1n) is 11.1. The lowest BCUT2D eigenvalue weighted by Crippen LogP contribution is -2.44. The highest BCUT2D eigenvalue weighted by atomic mass is 16.5. The number of aromatic carboxylic acids is 1. The van der Waals surface area contributed by atoms with Crippen LogP contribution in [0.1, 0.15) is 39.4 Å². The van der Waals surface area contributed by atoms with E-state index in [2.05, 4.69) is 16.6 Å². The SMILES string of the molecule is C#CCC(NC(=O)OCC1c2ccccc2-c2ccccc21)C(=O)Nc1ccc(C(=O)O)cc1C. The Morgan fingerprint density at radius 2 is 1.66 bits per heavy atom. The summed E-state index contributed by atoms with van der Waals surface area (Å²) in [6, 6.07) is 19.3. The van der Waals surface area contributed by atoms with Crippen LogP contribution in [0.15, 0.2) is 66.7 Å². The number of fused-ring (bicyclic) bond motifs is 3. The zero-order chi connectivity index (χ0) is 24.9. The lowest BCUT2D eigenvalue weighted by Gasteiger charge is -2.19. The molecule has 1 aliphatic rings. The lowest BCUT2D eigenvalue weighted by atomic mass is 9.98. The first-order chi connectivity index (χ1) is 16.9. The number of amides is 2. The number of aryl methyl sites for hydroxylation is 1. The normalized spacial score (nSPS) is 12.6. The van der Waals surface area contributed by atoms with Crippen molar-refractivity contribution in [1.29, 1.82) is 0 Å². The van der Waals surface area contributed by atoms with Crippen LogP contribution in [0.25, 0.3) is 11.1 Å². The second kappa shape index (κ2) is 10.1. The van der Waals surface area contributed by atoms with Gasteiger partial charge in [0.2, 0.25) is 5.91 Å². The molecule has 0 fully saturated rings. The van der Waals surface area contributed by atoms with E-state index in [1.165, 1.54) is 18.2 Å². The van der Waals surface area contributed by atoms with Gasteiger partial charge >= 0.3 is 12.1 Å². The molecule has 3 N–H and O–H groups in total. The number of hydrogen-bond acceptors (Lipinski definition) is 4. The summed E-state index contributed by atoms with van der Waals surface area (Å²) in [6.45, 7) is 1.79. The van der Waals surface area contributed by atoms with E-state index < -0.39 is 24.0 Å². The van der Waals surface area contributed by atoms with Gasteiger partial charge in [0, 0.05) is 18.0 Å². The maximum Gasteiger partial charge on any atom is 0.407 e. The second-order valence-corrected chi connectivity index (χ2v) is 8.25. The number of carbonyl (C=O) groups is 3. The van der Waals surface area contributed by atoms with E-state index in [0.717, 1.165) is 22.3 Å². The summed E-state index contributed by atoms with van der Waals surface area (Å²) in [6.07, 6.45) is 4.62. The van der Waals surface area contributed by atoms with Gasteiger partial charge in [0.25, 0.3) is 0 Å². The van der Waals surface area contributed by atoms with Crippen molar-refractivity contribution in [3.05, 3.63) is 89.0 Å². The van der Waals surface area contributed by atoms with Gasteiger partial charge in [-0.05, 0) is 52.9 Å². The van der Waals surface area contributed by atoms with E-state index >= 15 is 0 Å². The van der Waals surface area contributed by atoms with Crippen molar-refractivity contribution in [1.82, 2.24) is 5.32 Å². The number of hydrogen-bond donors (Lipinski definition) is 3. The molecule has 0 heterocycles. The van der Waals surface area contributed by atoms with Crippen molar-refractivity contribution in [2.75, 3.05) is 11.9 Å². The summed E-state index contributed by atoms with van der Waals surface area (Å²) in [5.74, 6) is 0.698. The third-order valence-electron chi connectivity index (χ3n) is 6.01. The standard InChI is InChI=1S/C28H24N2O5/c1-3-8-25(26(31)29-24-14-13-18(27(32)33)15-17(24)2)30-28(34)35-16-23-21-11-6-4-9-19(21)20-10-5-7-12-22(20)23/h1,4-7,9-15,23,25H,8,16H2,2H3,(H,29,31)(H,30,34)(H,32,33). The minimum Gasteiger partial charge on any atom is -0.478 e. The van der Waals surface area contributed by atoms with Gasteiger partial charge in [0.1, 0.15) is 12.6 Å². The minimum absolute atomic E-state index is 0.0394. The zero-order valence-electron chi connectivity index (χ0n) is 19.1. The molecule has 0 saturated heterocycles. The Labute approximate surface area is 203 Å². The van der Waals surface area contributed by atoms with Crippen molar-refractivity contribution in [2.24, 2.45) is 0 Å². The third-order valence-corrected chi connectivity index (χ3v) is 6.01. The zero-order valence-corrected chi connectivity index (χ0v) is 19.1. The Balaban J connectivity index is 1.41. The molecule has 0 bridgehead atoms. The van der Waals surface area contributed by atoms with Crippen molar-refractivity contribution in [3.63, 3.8) is 0 Å². The molecule has 1 atom stereocenters. The summed E-state index contributed by atoms with van der Waals surface area (Å²) in [4.78, 5) is 36.5. The van der Waals surface area contributed by atoms with Crippen LogP contribution in [0.3, 0.4) is 0 Å². The van der Waals surface area contributed by atoms with Crippen LogP contribution in [0.4, 0.5) is 10.5 Å². The Kier molecular flexibility index (Phi) is 6.83. The van der Waals surface area contributed by atoms with Crippen LogP contribution in [0.5, 0.6) is 0 Å². The van der Waals surface area contributed by atoms with Crippen LogP contribution in [-0.2, 0) is 9.53 Å². The fourth-order valence-corrected chi connectivity index (χ4v) is 4.27. The fraction of sp³-hybridized carbons (Fsp3) is 0.179. The molecule has 0 spiro atoms. The molecular weight excluding hydrogens is 444 g/mol. The number of benzene rings is 3. The number of carboxylic acid groups (broad SMARTS) is 1. The molecule has 35 heavy (non-hydrogen) atoms. The van der Waals surface area contributed by atoms with E-state index in [-0.39, 0.29) is 24.5 Å². The molecule has 0 aliphatic heterocycles. The first-order valence-corrected chi connectivity index (χ1v) is 11.1. The molecule has 2 amide bonds. The van der Waals surface area contributed by atoms with Crippen LogP contribution in [0, 0.1) is 19.3 Å². The number of ether oxygens (including phenoxy) is 1. The summed E-state index contributed by atoms with van der Waals surface area (Å²) in [5, 5.41) is 14.3. The van der Waals surface area contributed by atoms with Crippen molar-refractivity contribution < 1.29 is 24.2 Å². The molecule has 1 aliphatic carbocycles. The van der Waals surface area contributed by atoms with Gasteiger partial charge in [-0.2, -0.15) is 0 Å². The third kappa shape index (κ3) is 5.02. The molecule has 0 aromatic heterocycles. The smallest absolute Gasteiger partial charge is 0.407 e. The average Bonchev–Trinajstić information content (AvgIpc) is 3.17. The molecule has 176 valence electrons. The van der Waals surface area contributed by atoms with Crippen LogP contribution in [0.2, 0.25) is 0 Å². The van der Waals surface area contributed by atoms with Gasteiger partial charge in [-0.25, -0.2) is 9.59 Å². The lowest BCUT2D eigenvalue weighted by molar-refractivity contribution is -0.118. The Morgan fingerprint density at radius 3 is 2.23 bits per heavy atom. The van der Waals surface area contributed by atoms with Gasteiger partial charge in [0.05, 0.1) is 5.56 Å². The maximum atomic E-state index is 12.8. The number of carboxylic acids is 1. The molecule has 4 rings (SSSR count). The minimum atomic E-state index is -1.06. The number of terminal acetylenes is 1. The van der Waals surface area contributed by atoms with Crippen molar-refractivity contribution in [3.8, 4) is 23.5 Å². The molecule has 3 aromatic rings. The second-order valence-electron chi connectivity index (χ2n) is 8.25. The average molecular weight is 469 g/mol. The Hall–Kier alpha value is -4.57. The quantitative estimate of drug-likeness (QED) is 0.441. The molecule has 0 radical (unpaired) electrons. The van der Waals surface area contributed by atoms with E-state index in [9.17, 15) is 14.4 Å². The highest BCUT2D eigenvalue weighted by Gasteiger charge is 2.29. The molecular formula is C28H24N2O5. The highest BCUT2D eigenvalue weighted by Crippen LogP contribution is 2.44. The van der Waals surface area contributed by atoms with E-state index in [1.807, 2.05) is 48.5 Å². The topological polar surface area (TPSA) is 105 Å². The number of anilines is 1. The fourth-order valence-electron chi connectivity index (χ4n) is 4.27. The van der Waals surface area contributed by atoms with E-state index in [4.69, 9.17) is 16.3 Å². The number of nitrogens with one attached hydrogen (secondary N) is 2. The molecule has 0 saturated carbocycles. The van der Waals surface area contributed by atoms with Crippen molar-refractivity contribution >= 4 is 23.7 Å². The number of rotatable bonds is 7. The van der Waals surface area contributed by atoms with Gasteiger partial charge < -0.3 is 20.5 Å². The summed E-state index contributed by atoms with van der Waals surface area (Å²) in [5.41, 5.74) is 5.50. The summed E-state index contributed by atoms with van der Waals surface area (Å²) >= 11 is 0. The van der Waals surface area contributed by atoms with Gasteiger partial charge in [-0.1, -0.05) is 48.5 Å². The maximum absolute atomic E-state index is 12.8. The predicted molar refractivity (Wildman–Crippen MR) is 132 cm³/mol. The Morgan fingerprint density at radius 1 is 1.03 bits per heavy atom. The van der Waals surface area contributed by atoms with Gasteiger partial charge in [-0.15, -0.1) is 12.3 Å². The van der Waals surface area contributed by atoms with Crippen LogP contribution < -0.4 is 10.6 Å². The molecule has 7 heteroatoms. The first kappa shape index (κ1) is 23.6. The largest absolute Gasteiger partial charge is 0.478 e. The predicted octanol–water partition coefficient (Wildman–Crippen LogP) is 4.56. The van der Waals surface area contributed by atoms with Crippen LogP contribution in [-0.4, -0.2) is 35.7 Å². The monoisotopic (exact) mass is 468 g/mol. The Bertz CT molecular complexity index is 1300. The summed E-state index contributed by atoms with van der Waals surface area (Å²) in [7, 11) is 0. The van der Waals surface area contributed by atoms with E-state index in [0.29, 0.717) is 11.3 Å².